The summed E-state index contributed by atoms with van der Waals surface area (Å²) in [7, 11) is -3.53. The van der Waals surface area contributed by atoms with Crippen LogP contribution in [0.25, 0.3) is 0 Å². The summed E-state index contributed by atoms with van der Waals surface area (Å²) < 4.78 is 32.7. The van der Waals surface area contributed by atoms with E-state index in [1.807, 2.05) is 24.3 Å². The summed E-state index contributed by atoms with van der Waals surface area (Å²) in [6, 6.07) is 7.77. The minimum absolute atomic E-state index is 0.232. The van der Waals surface area contributed by atoms with Crippen molar-refractivity contribution in [3.63, 3.8) is 0 Å². The first kappa shape index (κ1) is 15.0. The first-order valence-corrected chi connectivity index (χ1v) is 9.85. The van der Waals surface area contributed by atoms with Gasteiger partial charge in [0.2, 0.25) is 15.9 Å². The Balaban J connectivity index is 1.52. The highest BCUT2D eigenvalue weighted by Gasteiger charge is 2.61. The van der Waals surface area contributed by atoms with Crippen LogP contribution in [-0.4, -0.2) is 26.2 Å². The molecule has 1 N–H and O–H groups in total. The Morgan fingerprint density at radius 3 is 2.74 bits per heavy atom. The summed E-state index contributed by atoms with van der Waals surface area (Å²) in [4.78, 5) is 12.5. The molecule has 2 fully saturated rings. The molecule has 3 aliphatic rings. The highest BCUT2D eigenvalue weighted by atomic mass is 32.2. The average Bonchev–Trinajstić information content (AvgIpc) is 2.98. The second-order valence-electron chi connectivity index (χ2n) is 6.93. The highest BCUT2D eigenvalue weighted by molar-refractivity contribution is 7.90. The minimum Gasteiger partial charge on any atom is -0.493 e. The molecule has 0 bridgehead atoms. The molecule has 0 radical (unpaired) electrons. The van der Waals surface area contributed by atoms with Crippen molar-refractivity contribution in [1.29, 1.82) is 0 Å². The number of rotatable bonds is 3. The molecule has 0 unspecified atom stereocenters. The van der Waals surface area contributed by atoms with Gasteiger partial charge in [-0.05, 0) is 31.7 Å². The van der Waals surface area contributed by atoms with Crippen molar-refractivity contribution < 1.29 is 17.9 Å². The van der Waals surface area contributed by atoms with E-state index in [0.29, 0.717) is 25.9 Å². The lowest BCUT2D eigenvalue weighted by molar-refractivity contribution is -0.121. The maximum atomic E-state index is 12.5. The van der Waals surface area contributed by atoms with Crippen molar-refractivity contribution >= 4 is 15.9 Å². The van der Waals surface area contributed by atoms with E-state index in [0.717, 1.165) is 30.6 Å². The number of fused-ring (bicyclic) bond motifs is 2. The van der Waals surface area contributed by atoms with E-state index in [1.165, 1.54) is 0 Å². The van der Waals surface area contributed by atoms with Crippen molar-refractivity contribution in [2.75, 3.05) is 6.61 Å². The third-order valence-corrected chi connectivity index (χ3v) is 7.44. The molecule has 5 nitrogen and oxygen atoms in total. The minimum atomic E-state index is -3.53. The number of carbonyl (C=O) groups excluding carboxylic acids is 1. The van der Waals surface area contributed by atoms with Gasteiger partial charge in [0.05, 0.1) is 11.9 Å². The fourth-order valence-corrected chi connectivity index (χ4v) is 5.74. The van der Waals surface area contributed by atoms with Crippen LogP contribution in [0, 0.1) is 5.92 Å². The van der Waals surface area contributed by atoms with Crippen molar-refractivity contribution in [2.24, 2.45) is 5.92 Å². The number of nitrogens with one attached hydrogen (secondary N) is 1. The maximum absolute atomic E-state index is 12.5. The topological polar surface area (TPSA) is 72.5 Å². The van der Waals surface area contributed by atoms with Crippen LogP contribution < -0.4 is 9.46 Å². The Kier molecular flexibility index (Phi) is 3.41. The molecule has 1 aliphatic heterocycles. The number of hydrogen-bond acceptors (Lipinski definition) is 4. The molecule has 1 heterocycles. The molecule has 6 heteroatoms. The molecule has 4 rings (SSSR count). The average molecular weight is 335 g/mol. The van der Waals surface area contributed by atoms with Crippen LogP contribution in [0.5, 0.6) is 5.75 Å². The molecule has 23 heavy (non-hydrogen) atoms. The van der Waals surface area contributed by atoms with Gasteiger partial charge in [-0.25, -0.2) is 8.42 Å². The maximum Gasteiger partial charge on any atom is 0.237 e. The highest BCUT2D eigenvalue weighted by Crippen LogP contribution is 2.60. The lowest BCUT2D eigenvalue weighted by Gasteiger charge is -2.26. The summed E-state index contributed by atoms with van der Waals surface area (Å²) in [6.45, 7) is 0.580. The van der Waals surface area contributed by atoms with Crippen molar-refractivity contribution in [3.05, 3.63) is 29.8 Å². The van der Waals surface area contributed by atoms with Crippen molar-refractivity contribution in [1.82, 2.24) is 4.72 Å². The molecular formula is C17H21NO4S. The molecule has 124 valence electrons. The summed E-state index contributed by atoms with van der Waals surface area (Å²) >= 11 is 0. The predicted molar refractivity (Wildman–Crippen MR) is 85.7 cm³/mol. The summed E-state index contributed by atoms with van der Waals surface area (Å²) in [5.41, 5.74) is 0.814. The van der Waals surface area contributed by atoms with Gasteiger partial charge < -0.3 is 4.74 Å². The van der Waals surface area contributed by atoms with Gasteiger partial charge in [0.15, 0.2) is 0 Å². The van der Waals surface area contributed by atoms with Crippen LogP contribution in [0.3, 0.4) is 0 Å². The lowest BCUT2D eigenvalue weighted by Crippen LogP contribution is -2.39. The zero-order valence-corrected chi connectivity index (χ0v) is 13.8. The number of carbonyl (C=O) groups is 1. The summed E-state index contributed by atoms with van der Waals surface area (Å²) in [5, 5.41) is -0.400. The van der Waals surface area contributed by atoms with Crippen LogP contribution in [0.4, 0.5) is 0 Å². The fraction of sp³-hybridized carbons (Fsp3) is 0.588. The standard InChI is InChI=1S/C17H21NO4S/c19-16(18-23(20,21)12-5-1-2-6-12)14-11-17(14)9-10-22-15-8-4-3-7-13(15)17/h3-4,7-8,12,14H,1-2,5-6,9-11H2,(H,18,19)/t14-,17+/m1/s1. The monoisotopic (exact) mass is 335 g/mol. The Bertz CT molecular complexity index is 739. The molecule has 0 aromatic heterocycles. The van der Waals surface area contributed by atoms with E-state index in [-0.39, 0.29) is 17.2 Å². The molecule has 1 aromatic rings. The van der Waals surface area contributed by atoms with E-state index in [4.69, 9.17) is 4.74 Å². The van der Waals surface area contributed by atoms with Gasteiger partial charge in [-0.2, -0.15) is 0 Å². The summed E-state index contributed by atoms with van der Waals surface area (Å²) in [5.74, 6) is 0.227. The molecule has 2 atom stereocenters. The molecular weight excluding hydrogens is 314 g/mol. The SMILES string of the molecule is O=C(NS(=O)(=O)C1CCCC1)[C@H]1C[C@]12CCOc1ccccc12. The van der Waals surface area contributed by atoms with Crippen LogP contribution in [0.1, 0.15) is 44.1 Å². The number of ether oxygens (including phenoxy) is 1. The zero-order chi connectivity index (χ0) is 16.1. The molecule has 1 aromatic carbocycles. The molecule has 2 aliphatic carbocycles. The molecule has 1 spiro atoms. The Morgan fingerprint density at radius 1 is 1.22 bits per heavy atom. The van der Waals surface area contributed by atoms with E-state index in [2.05, 4.69) is 4.72 Å². The molecule has 1 amide bonds. The number of hydrogen-bond donors (Lipinski definition) is 1. The number of benzene rings is 1. The first-order valence-electron chi connectivity index (χ1n) is 8.31. The van der Waals surface area contributed by atoms with Gasteiger partial charge in [-0.15, -0.1) is 0 Å². The van der Waals surface area contributed by atoms with Crippen LogP contribution in [0.2, 0.25) is 0 Å². The Labute approximate surface area is 136 Å². The third-order valence-electron chi connectivity index (χ3n) is 5.60. The van der Waals surface area contributed by atoms with Crippen molar-refractivity contribution in [3.8, 4) is 5.75 Å². The Morgan fingerprint density at radius 2 is 1.96 bits per heavy atom. The van der Waals surface area contributed by atoms with Crippen molar-refractivity contribution in [2.45, 2.75) is 49.2 Å². The van der Waals surface area contributed by atoms with E-state index in [9.17, 15) is 13.2 Å². The summed E-state index contributed by atoms with van der Waals surface area (Å²) in [6.07, 6.45) is 4.66. The van der Waals surface area contributed by atoms with Crippen LogP contribution in [0.15, 0.2) is 24.3 Å². The first-order chi connectivity index (χ1) is 11.0. The Hall–Kier alpha value is -1.56. The number of amides is 1. The number of sulfonamides is 1. The van der Waals surface area contributed by atoms with Gasteiger partial charge in [-0.1, -0.05) is 31.0 Å². The number of para-hydroxylation sites is 1. The second kappa shape index (κ2) is 5.23. The largest absolute Gasteiger partial charge is 0.493 e. The molecule has 2 saturated carbocycles. The van der Waals surface area contributed by atoms with Gasteiger partial charge in [0.25, 0.3) is 0 Å². The van der Waals surface area contributed by atoms with Crippen LogP contribution in [-0.2, 0) is 20.2 Å². The predicted octanol–water partition coefficient (Wildman–Crippen LogP) is 2.12. The third kappa shape index (κ3) is 2.43. The fourth-order valence-electron chi connectivity index (χ4n) is 4.20. The zero-order valence-electron chi connectivity index (χ0n) is 13.0. The molecule has 0 saturated heterocycles. The second-order valence-corrected chi connectivity index (χ2v) is 8.89. The van der Waals surface area contributed by atoms with Gasteiger partial charge in [0.1, 0.15) is 5.75 Å². The van der Waals surface area contributed by atoms with E-state index in [1.54, 1.807) is 0 Å². The normalized spacial score (nSPS) is 29.8. The smallest absolute Gasteiger partial charge is 0.237 e. The quantitative estimate of drug-likeness (QED) is 0.918. The van der Waals surface area contributed by atoms with Gasteiger partial charge in [0, 0.05) is 16.9 Å². The van der Waals surface area contributed by atoms with E-state index >= 15 is 0 Å². The van der Waals surface area contributed by atoms with Gasteiger partial charge in [-0.3, -0.25) is 9.52 Å². The van der Waals surface area contributed by atoms with Crippen LogP contribution >= 0.6 is 0 Å². The van der Waals surface area contributed by atoms with Gasteiger partial charge >= 0.3 is 0 Å². The lowest BCUT2D eigenvalue weighted by atomic mass is 9.87. The van der Waals surface area contributed by atoms with E-state index < -0.39 is 15.3 Å².